The van der Waals surface area contributed by atoms with E-state index in [9.17, 15) is 9.59 Å². The van der Waals surface area contributed by atoms with Crippen LogP contribution in [0.1, 0.15) is 63.1 Å². The number of phenolic OH excluding ortho intramolecular Hbond substituents is 1. The molecule has 0 saturated carbocycles. The fourth-order valence-electron chi connectivity index (χ4n) is 2.90. The van der Waals surface area contributed by atoms with Gasteiger partial charge in [0, 0.05) is 18.7 Å². The highest BCUT2D eigenvalue weighted by atomic mass is 16.3. The van der Waals surface area contributed by atoms with Gasteiger partial charge in [0.25, 0.3) is 11.8 Å². The number of unbranched alkanes of at least 4 members (excludes halogenated alkanes) is 3. The average Bonchev–Trinajstić information content (AvgIpc) is 3.15. The van der Waals surface area contributed by atoms with Crippen LogP contribution in [0.3, 0.4) is 0 Å². The lowest BCUT2D eigenvalue weighted by Crippen LogP contribution is -2.30. The second-order valence-corrected chi connectivity index (χ2v) is 7.05. The molecule has 32 heavy (non-hydrogen) atoms. The summed E-state index contributed by atoms with van der Waals surface area (Å²) < 4.78 is 0. The summed E-state index contributed by atoms with van der Waals surface area (Å²) in [6, 6.07) is 15.9. The first kappa shape index (κ1) is 28.8. The Kier molecular flexibility index (Phi) is 15.7. The maximum absolute atomic E-state index is 11.1. The highest BCUT2D eigenvalue weighted by molar-refractivity contribution is 6.12. The fraction of sp³-hybridized carbons (Fsp3) is 0.370. The van der Waals surface area contributed by atoms with Crippen molar-refractivity contribution in [1.29, 1.82) is 0 Å². The maximum Gasteiger partial charge on any atom is 0.253 e. The highest BCUT2D eigenvalue weighted by Crippen LogP contribution is 2.14. The van der Waals surface area contributed by atoms with Crippen molar-refractivity contribution in [2.75, 3.05) is 6.54 Å². The summed E-state index contributed by atoms with van der Waals surface area (Å²) >= 11 is 0. The van der Waals surface area contributed by atoms with Gasteiger partial charge in [0.1, 0.15) is 12.5 Å². The molecule has 174 valence electrons. The third kappa shape index (κ3) is 11.3. The number of amides is 2. The molecule has 3 rings (SSSR count). The predicted molar refractivity (Wildman–Crippen MR) is 131 cm³/mol. The van der Waals surface area contributed by atoms with Crippen molar-refractivity contribution in [3.05, 3.63) is 77.4 Å². The molecule has 0 unspecified atom stereocenters. The van der Waals surface area contributed by atoms with Crippen molar-refractivity contribution in [2.24, 2.45) is 0 Å². The van der Waals surface area contributed by atoms with E-state index in [1.165, 1.54) is 46.6 Å². The first-order valence-electron chi connectivity index (χ1n) is 11.2. The van der Waals surface area contributed by atoms with Gasteiger partial charge in [-0.3, -0.25) is 14.5 Å². The molecule has 0 bridgehead atoms. The molecule has 1 N–H and O–H groups in total. The van der Waals surface area contributed by atoms with Gasteiger partial charge in [-0.15, -0.1) is 0 Å². The predicted octanol–water partition coefficient (Wildman–Crippen LogP) is 5.62. The molecular weight excluding hydrogens is 402 g/mol. The Balaban J connectivity index is 0.000000525. The molecule has 1 aliphatic rings. The second-order valence-electron chi connectivity index (χ2n) is 7.05. The zero-order chi connectivity index (χ0) is 24.4. The van der Waals surface area contributed by atoms with E-state index < -0.39 is 0 Å². The summed E-state index contributed by atoms with van der Waals surface area (Å²) in [5, 5.41) is 9.16. The van der Waals surface area contributed by atoms with Gasteiger partial charge in [-0.2, -0.15) is 0 Å². The Morgan fingerprint density at radius 1 is 0.781 bits per heavy atom. The molecule has 2 aromatic carbocycles. The van der Waals surface area contributed by atoms with Crippen molar-refractivity contribution in [2.45, 2.75) is 59.8 Å². The van der Waals surface area contributed by atoms with Gasteiger partial charge in [-0.05, 0) is 43.0 Å². The number of nitrogens with zero attached hydrogens (tertiary/aromatic N) is 1. The Hall–Kier alpha value is -3.21. The number of aryl methyl sites for hydroxylation is 1. The van der Waals surface area contributed by atoms with Crippen molar-refractivity contribution < 1.29 is 19.5 Å². The molecule has 0 aromatic heterocycles. The van der Waals surface area contributed by atoms with Gasteiger partial charge in [0.2, 0.25) is 0 Å². The molecule has 5 nitrogen and oxygen atoms in total. The number of hydrogen-bond acceptors (Lipinski definition) is 4. The summed E-state index contributed by atoms with van der Waals surface area (Å²) in [6.45, 7) is 10.8. The van der Waals surface area contributed by atoms with Crippen LogP contribution in [0.4, 0.5) is 0 Å². The summed E-state index contributed by atoms with van der Waals surface area (Å²) in [5.74, 6) is -0.00865. The molecule has 5 heteroatoms. The molecule has 0 spiro atoms. The van der Waals surface area contributed by atoms with Crippen molar-refractivity contribution in [1.82, 2.24) is 4.90 Å². The van der Waals surface area contributed by atoms with Gasteiger partial charge >= 0.3 is 0 Å². The summed E-state index contributed by atoms with van der Waals surface area (Å²) in [4.78, 5) is 31.4. The van der Waals surface area contributed by atoms with E-state index >= 15 is 0 Å². The van der Waals surface area contributed by atoms with E-state index in [-0.39, 0.29) is 11.8 Å². The smallest absolute Gasteiger partial charge is 0.253 e. The lowest BCUT2D eigenvalue weighted by molar-refractivity contribution is -0.136. The number of imide groups is 1. The first-order chi connectivity index (χ1) is 15.5. The topological polar surface area (TPSA) is 74.7 Å². The van der Waals surface area contributed by atoms with Crippen molar-refractivity contribution in [3.63, 3.8) is 0 Å². The van der Waals surface area contributed by atoms with E-state index in [0.29, 0.717) is 12.3 Å². The Morgan fingerprint density at radius 2 is 1.25 bits per heavy atom. The van der Waals surface area contributed by atoms with Gasteiger partial charge in [0.15, 0.2) is 0 Å². The van der Waals surface area contributed by atoms with Crippen LogP contribution in [0, 0.1) is 6.92 Å². The lowest BCUT2D eigenvalue weighted by Gasteiger charge is -2.12. The summed E-state index contributed by atoms with van der Waals surface area (Å²) in [6.07, 6.45) is 7.94. The molecule has 1 aliphatic heterocycles. The number of rotatable bonds is 7. The molecule has 0 aliphatic carbocycles. The second kappa shape index (κ2) is 17.5. The summed E-state index contributed by atoms with van der Waals surface area (Å²) in [5.41, 5.74) is 3.80. The zero-order valence-corrected chi connectivity index (χ0v) is 19.8. The molecule has 0 saturated heterocycles. The number of phenols is 1. The first-order valence-corrected chi connectivity index (χ1v) is 11.2. The largest absolute Gasteiger partial charge is 0.508 e. The van der Waals surface area contributed by atoms with Crippen molar-refractivity contribution in [3.8, 4) is 5.75 Å². The maximum atomic E-state index is 11.1. The van der Waals surface area contributed by atoms with Crippen LogP contribution in [-0.4, -0.2) is 35.2 Å². The molecule has 0 atom stereocenters. The molecule has 0 radical (unpaired) electrons. The normalized spacial score (nSPS) is 11.6. The third-order valence-corrected chi connectivity index (χ3v) is 4.60. The van der Waals surface area contributed by atoms with Crippen LogP contribution in [-0.2, 0) is 20.8 Å². The van der Waals surface area contributed by atoms with Crippen molar-refractivity contribution >= 4 is 18.6 Å². The van der Waals surface area contributed by atoms with E-state index in [0.717, 1.165) is 19.3 Å². The Labute approximate surface area is 192 Å². The lowest BCUT2D eigenvalue weighted by atomic mass is 10.0. The van der Waals surface area contributed by atoms with E-state index in [4.69, 9.17) is 9.90 Å². The highest BCUT2D eigenvalue weighted by Gasteiger charge is 2.21. The molecule has 0 fully saturated rings. The fourth-order valence-corrected chi connectivity index (χ4v) is 2.90. The minimum atomic E-state index is -0.165. The number of aromatic hydroxyl groups is 1. The van der Waals surface area contributed by atoms with E-state index in [2.05, 4.69) is 38.1 Å². The van der Waals surface area contributed by atoms with Crippen LogP contribution < -0.4 is 0 Å². The molecule has 2 amide bonds. The zero-order valence-electron chi connectivity index (χ0n) is 19.8. The van der Waals surface area contributed by atoms with Crippen LogP contribution >= 0.6 is 0 Å². The van der Waals surface area contributed by atoms with Crippen LogP contribution in [0.25, 0.3) is 0 Å². The Bertz CT molecular complexity index is 749. The Morgan fingerprint density at radius 3 is 1.72 bits per heavy atom. The molecule has 2 aromatic rings. The van der Waals surface area contributed by atoms with Gasteiger partial charge < -0.3 is 9.90 Å². The van der Waals surface area contributed by atoms with Gasteiger partial charge in [-0.1, -0.05) is 82.0 Å². The van der Waals surface area contributed by atoms with Gasteiger partial charge in [-0.25, -0.2) is 0 Å². The third-order valence-electron chi connectivity index (χ3n) is 4.60. The summed E-state index contributed by atoms with van der Waals surface area (Å²) in [7, 11) is 0. The minimum Gasteiger partial charge on any atom is -0.508 e. The van der Waals surface area contributed by atoms with E-state index in [1.807, 2.05) is 32.8 Å². The van der Waals surface area contributed by atoms with Crippen LogP contribution in [0.15, 0.2) is 60.7 Å². The number of benzene rings is 2. The SMILES string of the molecule is C=O.CC.CCCCCCN1C(=O)C=CC1=O.Cc1ccc(Cc2ccc(O)cc2)cc1. The minimum absolute atomic E-state index is 0.165. The number of hydrogen-bond donors (Lipinski definition) is 1. The van der Waals surface area contributed by atoms with Crippen LogP contribution in [0.2, 0.25) is 0 Å². The quantitative estimate of drug-likeness (QED) is 0.448. The van der Waals surface area contributed by atoms with Crippen LogP contribution in [0.5, 0.6) is 5.75 Å². The molecule has 1 heterocycles. The van der Waals surface area contributed by atoms with E-state index in [1.54, 1.807) is 12.1 Å². The molecular formula is C27H37NO4. The van der Waals surface area contributed by atoms with Gasteiger partial charge in [0.05, 0.1) is 0 Å². The monoisotopic (exact) mass is 439 g/mol. The number of carbonyl (C=O) groups excluding carboxylic acids is 3. The standard InChI is InChI=1S/C14H14O.C10H15NO2.C2H6.CH2O/c1-11-2-4-12(5-3-11)10-13-6-8-14(15)9-7-13;1-2-3-4-5-8-11-9(12)6-7-10(11)13;2*1-2/h2-9,15H,10H2,1H3;6-7H,2-5,8H2,1H3;1-2H3;1H2. The average molecular weight is 440 g/mol. The number of carbonyl (C=O) groups is 3.